The van der Waals surface area contributed by atoms with Gasteiger partial charge in [-0.3, -0.25) is 14.4 Å². The zero-order valence-electron chi connectivity index (χ0n) is 20.7. The van der Waals surface area contributed by atoms with Crippen molar-refractivity contribution >= 4 is 56.6 Å². The standard InChI is InChI=1S/C31H25BrClNO3/c1-30(2,3)29(37)26-25(17-8-11-19(32)12-9-17)31(27(35)21-6-4-5-7-22(21)28(31)36)24-15-10-18-16-20(33)13-14-23(18)34(24)26/h4-16,24-26H,1-3H3/t24-,25-,26-/m0/s1. The highest BCUT2D eigenvalue weighted by atomic mass is 79.9. The number of hydrogen-bond donors (Lipinski definition) is 0. The van der Waals surface area contributed by atoms with Crippen molar-refractivity contribution in [3.8, 4) is 0 Å². The van der Waals surface area contributed by atoms with E-state index in [-0.39, 0.29) is 17.3 Å². The number of nitrogens with zero attached hydrogens (tertiary/aromatic N) is 1. The number of halogens is 2. The predicted molar refractivity (Wildman–Crippen MR) is 149 cm³/mol. The minimum absolute atomic E-state index is 0.0185. The molecule has 0 unspecified atom stereocenters. The largest absolute Gasteiger partial charge is 0.352 e. The molecular formula is C31H25BrClNO3. The maximum atomic E-state index is 14.5. The maximum absolute atomic E-state index is 14.5. The number of anilines is 1. The van der Waals surface area contributed by atoms with Crippen molar-refractivity contribution in [2.45, 2.75) is 38.8 Å². The van der Waals surface area contributed by atoms with Crippen molar-refractivity contribution in [2.75, 3.05) is 4.90 Å². The van der Waals surface area contributed by atoms with E-state index in [1.54, 1.807) is 30.3 Å². The Balaban J connectivity index is 1.70. The first-order valence-corrected chi connectivity index (χ1v) is 13.5. The van der Waals surface area contributed by atoms with Crippen LogP contribution in [0.4, 0.5) is 5.69 Å². The minimum Gasteiger partial charge on any atom is -0.352 e. The Bertz CT molecular complexity index is 1480. The molecule has 3 aliphatic rings. The molecule has 0 aromatic heterocycles. The van der Waals surface area contributed by atoms with Gasteiger partial charge < -0.3 is 4.90 Å². The van der Waals surface area contributed by atoms with Crippen molar-refractivity contribution < 1.29 is 14.4 Å². The van der Waals surface area contributed by atoms with E-state index >= 15 is 0 Å². The van der Waals surface area contributed by atoms with Crippen LogP contribution in [0.5, 0.6) is 0 Å². The third-order valence-corrected chi connectivity index (χ3v) is 8.77. The lowest BCUT2D eigenvalue weighted by molar-refractivity contribution is -0.127. The lowest BCUT2D eigenvalue weighted by Crippen LogP contribution is -2.49. The molecule has 0 bridgehead atoms. The first kappa shape index (κ1) is 24.3. The van der Waals surface area contributed by atoms with Crippen LogP contribution in [0.15, 0.2) is 77.3 Å². The van der Waals surface area contributed by atoms with Crippen molar-refractivity contribution in [2.24, 2.45) is 10.8 Å². The molecule has 2 aliphatic heterocycles. The Morgan fingerprint density at radius 3 is 2.16 bits per heavy atom. The number of rotatable bonds is 2. The van der Waals surface area contributed by atoms with E-state index in [1.165, 1.54) is 0 Å². The van der Waals surface area contributed by atoms with Crippen molar-refractivity contribution in [1.29, 1.82) is 0 Å². The average molecular weight is 575 g/mol. The van der Waals surface area contributed by atoms with Crippen molar-refractivity contribution in [1.82, 2.24) is 0 Å². The molecule has 0 saturated carbocycles. The van der Waals surface area contributed by atoms with Gasteiger partial charge in [-0.05, 0) is 41.5 Å². The molecule has 6 heteroatoms. The van der Waals surface area contributed by atoms with Gasteiger partial charge in [0.15, 0.2) is 17.3 Å². The summed E-state index contributed by atoms with van der Waals surface area (Å²) in [5.41, 5.74) is 1.12. The van der Waals surface area contributed by atoms with Crippen LogP contribution >= 0.6 is 27.5 Å². The fourth-order valence-electron chi connectivity index (χ4n) is 6.43. The van der Waals surface area contributed by atoms with Crippen LogP contribution in [0.25, 0.3) is 6.08 Å². The molecule has 2 heterocycles. The number of Topliss-reactive ketones (excluding diaryl/α,β-unsaturated/α-hetero) is 3. The summed E-state index contributed by atoms with van der Waals surface area (Å²) >= 11 is 9.83. The van der Waals surface area contributed by atoms with Gasteiger partial charge in [0, 0.05) is 37.6 Å². The van der Waals surface area contributed by atoms with Gasteiger partial charge in [0.05, 0.1) is 12.1 Å². The van der Waals surface area contributed by atoms with E-state index in [0.29, 0.717) is 16.1 Å². The van der Waals surface area contributed by atoms with E-state index in [4.69, 9.17) is 11.6 Å². The highest BCUT2D eigenvalue weighted by Crippen LogP contribution is 2.61. The fourth-order valence-corrected chi connectivity index (χ4v) is 6.88. The van der Waals surface area contributed by atoms with Crippen LogP contribution in [0.2, 0.25) is 5.02 Å². The van der Waals surface area contributed by atoms with Gasteiger partial charge in [-0.15, -0.1) is 0 Å². The van der Waals surface area contributed by atoms with Gasteiger partial charge in [0.2, 0.25) is 0 Å². The number of carbonyl (C=O) groups is 3. The second-order valence-corrected chi connectivity index (χ2v) is 12.4. The summed E-state index contributed by atoms with van der Waals surface area (Å²) in [5.74, 6) is -1.14. The zero-order chi connectivity index (χ0) is 26.3. The fraction of sp³-hybridized carbons (Fsp3) is 0.258. The average Bonchev–Trinajstić information content (AvgIpc) is 3.29. The molecule has 0 radical (unpaired) electrons. The number of carbonyl (C=O) groups excluding carboxylic acids is 3. The minimum atomic E-state index is -1.48. The highest BCUT2D eigenvalue weighted by molar-refractivity contribution is 9.10. The molecule has 3 aromatic carbocycles. The third kappa shape index (κ3) is 3.30. The zero-order valence-corrected chi connectivity index (χ0v) is 23.0. The lowest BCUT2D eigenvalue weighted by Gasteiger charge is -2.38. The van der Waals surface area contributed by atoms with Crippen molar-refractivity contribution in [3.63, 3.8) is 0 Å². The van der Waals surface area contributed by atoms with E-state index in [9.17, 15) is 14.4 Å². The smallest absolute Gasteiger partial charge is 0.180 e. The van der Waals surface area contributed by atoms with Gasteiger partial charge in [-0.1, -0.05) is 96.9 Å². The second kappa shape index (κ2) is 8.24. The number of benzene rings is 3. The molecule has 1 saturated heterocycles. The molecule has 1 fully saturated rings. The molecule has 4 nitrogen and oxygen atoms in total. The first-order chi connectivity index (χ1) is 17.6. The summed E-state index contributed by atoms with van der Waals surface area (Å²) in [6, 6.07) is 18.9. The monoisotopic (exact) mass is 573 g/mol. The third-order valence-electron chi connectivity index (χ3n) is 8.00. The van der Waals surface area contributed by atoms with Gasteiger partial charge in [0.25, 0.3) is 0 Å². The quantitative estimate of drug-likeness (QED) is 0.305. The summed E-state index contributed by atoms with van der Waals surface area (Å²) in [5, 5.41) is 0.583. The van der Waals surface area contributed by atoms with Gasteiger partial charge >= 0.3 is 0 Å². The van der Waals surface area contributed by atoms with Crippen LogP contribution in [-0.2, 0) is 4.79 Å². The van der Waals surface area contributed by atoms with Crippen LogP contribution in [0.3, 0.4) is 0 Å². The summed E-state index contributed by atoms with van der Waals surface area (Å²) in [4.78, 5) is 45.4. The number of ketones is 3. The Hall–Kier alpha value is -3.02. The van der Waals surface area contributed by atoms with Crippen LogP contribution in [-0.4, -0.2) is 29.4 Å². The number of fused-ring (bicyclic) bond motifs is 5. The SMILES string of the molecule is CC(C)(C)C(=O)[C@@H]1[C@H](c2ccc(Br)cc2)C2(C(=O)c3ccccc3C2=O)[C@@H]2C=Cc3cc(Cl)ccc3N12. The molecule has 1 spiro atoms. The Morgan fingerprint density at radius 1 is 0.946 bits per heavy atom. The topological polar surface area (TPSA) is 54.5 Å². The highest BCUT2D eigenvalue weighted by Gasteiger charge is 2.71. The lowest BCUT2D eigenvalue weighted by atomic mass is 9.63. The summed E-state index contributed by atoms with van der Waals surface area (Å²) < 4.78 is 0.881. The van der Waals surface area contributed by atoms with Gasteiger partial charge in [0.1, 0.15) is 5.41 Å². The maximum Gasteiger partial charge on any atom is 0.180 e. The van der Waals surface area contributed by atoms with Crippen LogP contribution < -0.4 is 4.90 Å². The van der Waals surface area contributed by atoms with E-state index in [0.717, 1.165) is 21.3 Å². The van der Waals surface area contributed by atoms with Gasteiger partial charge in [-0.2, -0.15) is 0 Å². The summed E-state index contributed by atoms with van der Waals surface area (Å²) in [7, 11) is 0. The van der Waals surface area contributed by atoms with Crippen LogP contribution in [0, 0.1) is 10.8 Å². The molecule has 3 aromatic rings. The normalized spacial score (nSPS) is 23.3. The Kier molecular flexibility index (Phi) is 5.42. The first-order valence-electron chi connectivity index (χ1n) is 12.3. The van der Waals surface area contributed by atoms with E-state index in [2.05, 4.69) is 15.9 Å². The Morgan fingerprint density at radius 2 is 1.57 bits per heavy atom. The Labute approximate surface area is 229 Å². The van der Waals surface area contributed by atoms with E-state index < -0.39 is 28.8 Å². The van der Waals surface area contributed by atoms with E-state index in [1.807, 2.05) is 74.2 Å². The molecule has 3 atom stereocenters. The van der Waals surface area contributed by atoms with Crippen molar-refractivity contribution in [3.05, 3.63) is 105 Å². The molecular weight excluding hydrogens is 550 g/mol. The molecule has 0 N–H and O–H groups in total. The molecule has 0 amide bonds. The van der Waals surface area contributed by atoms with Crippen LogP contribution in [0.1, 0.15) is 58.5 Å². The molecule has 186 valence electrons. The van der Waals surface area contributed by atoms with Gasteiger partial charge in [-0.25, -0.2) is 0 Å². The molecule has 6 rings (SSSR count). The number of hydrogen-bond acceptors (Lipinski definition) is 4. The molecule has 37 heavy (non-hydrogen) atoms. The second-order valence-electron chi connectivity index (χ2n) is 11.1. The summed E-state index contributed by atoms with van der Waals surface area (Å²) in [6.07, 6.45) is 3.85. The summed E-state index contributed by atoms with van der Waals surface area (Å²) in [6.45, 7) is 5.68. The molecule has 1 aliphatic carbocycles. The predicted octanol–water partition coefficient (Wildman–Crippen LogP) is 7.15.